The third-order valence-electron chi connectivity index (χ3n) is 5.07. The molecule has 1 fully saturated rings. The maximum atomic E-state index is 12.5. The number of anilines is 1. The van der Waals surface area contributed by atoms with Crippen LogP contribution < -0.4 is 10.6 Å². The lowest BCUT2D eigenvalue weighted by molar-refractivity contribution is 0.102. The third-order valence-corrected chi connectivity index (χ3v) is 5.07. The van der Waals surface area contributed by atoms with Crippen molar-refractivity contribution in [1.29, 1.82) is 0 Å². The Kier molecular flexibility index (Phi) is 6.66. The number of benzene rings is 2. The fraction of sp³-hybridized carbons (Fsp3) is 0.364. The van der Waals surface area contributed by atoms with E-state index in [1.165, 1.54) is 0 Å². The average molecular weight is 381 g/mol. The summed E-state index contributed by atoms with van der Waals surface area (Å²) in [7, 11) is 1.77. The summed E-state index contributed by atoms with van der Waals surface area (Å²) in [5.41, 5.74) is 2.25. The van der Waals surface area contributed by atoms with Crippen molar-refractivity contribution in [2.45, 2.75) is 31.9 Å². The maximum absolute atomic E-state index is 12.5. The number of carbonyl (C=O) groups excluding carboxylic acids is 2. The van der Waals surface area contributed by atoms with Crippen LogP contribution in [-0.2, 0) is 4.74 Å². The van der Waals surface area contributed by atoms with Gasteiger partial charge in [-0.3, -0.25) is 4.79 Å². The average Bonchev–Trinajstić information content (AvgIpc) is 3.25. The quantitative estimate of drug-likeness (QED) is 0.799. The van der Waals surface area contributed by atoms with Crippen molar-refractivity contribution in [3.63, 3.8) is 0 Å². The van der Waals surface area contributed by atoms with Gasteiger partial charge in [0, 0.05) is 31.5 Å². The van der Waals surface area contributed by atoms with Crippen molar-refractivity contribution < 1.29 is 14.3 Å². The molecule has 3 amide bonds. The molecule has 0 aliphatic carbocycles. The zero-order valence-electron chi connectivity index (χ0n) is 16.4. The normalized spacial score (nSPS) is 17.0. The van der Waals surface area contributed by atoms with Gasteiger partial charge in [-0.2, -0.15) is 0 Å². The highest BCUT2D eigenvalue weighted by Crippen LogP contribution is 2.22. The van der Waals surface area contributed by atoms with Gasteiger partial charge in [-0.1, -0.05) is 30.3 Å². The van der Waals surface area contributed by atoms with Gasteiger partial charge in [0.25, 0.3) is 5.91 Å². The standard InChI is InChI=1S/C22H27N3O3/c1-16(25(2)22(27)23-15-20-12-7-13-28-20)18-10-6-11-19(14-18)24-21(26)17-8-4-3-5-9-17/h3-6,8-11,14,16,20H,7,12-13,15H2,1-2H3,(H,23,27)(H,24,26)/t16-,20+/m0/s1. The fourth-order valence-electron chi connectivity index (χ4n) is 3.20. The van der Waals surface area contributed by atoms with Gasteiger partial charge in [-0.15, -0.1) is 0 Å². The molecule has 0 aromatic heterocycles. The SMILES string of the molecule is C[C@@H](c1cccc(NC(=O)c2ccccc2)c1)N(C)C(=O)NC[C@H]1CCCO1. The van der Waals surface area contributed by atoms with Crippen LogP contribution in [-0.4, -0.2) is 43.1 Å². The Bertz CT molecular complexity index is 804. The second-order valence-corrected chi connectivity index (χ2v) is 7.05. The van der Waals surface area contributed by atoms with E-state index in [-0.39, 0.29) is 24.1 Å². The van der Waals surface area contributed by atoms with E-state index in [0.717, 1.165) is 25.0 Å². The Morgan fingerprint density at radius 1 is 1.18 bits per heavy atom. The van der Waals surface area contributed by atoms with E-state index < -0.39 is 0 Å². The minimum atomic E-state index is -0.159. The second kappa shape index (κ2) is 9.37. The number of carbonyl (C=O) groups is 2. The number of hydrogen-bond donors (Lipinski definition) is 2. The predicted molar refractivity (Wildman–Crippen MR) is 109 cm³/mol. The number of nitrogens with zero attached hydrogens (tertiary/aromatic N) is 1. The Labute approximate surface area is 165 Å². The van der Waals surface area contributed by atoms with Crippen molar-refractivity contribution in [2.75, 3.05) is 25.5 Å². The molecule has 2 aromatic rings. The number of rotatable bonds is 6. The summed E-state index contributed by atoms with van der Waals surface area (Å²) in [6.45, 7) is 3.26. The van der Waals surface area contributed by atoms with Crippen molar-refractivity contribution in [3.05, 3.63) is 65.7 Å². The molecule has 1 aliphatic rings. The number of urea groups is 1. The monoisotopic (exact) mass is 381 g/mol. The number of hydrogen-bond acceptors (Lipinski definition) is 3. The minimum absolute atomic E-state index is 0.115. The summed E-state index contributed by atoms with van der Waals surface area (Å²) in [4.78, 5) is 26.5. The van der Waals surface area contributed by atoms with Gasteiger partial charge in [0.15, 0.2) is 0 Å². The van der Waals surface area contributed by atoms with E-state index in [1.807, 2.05) is 49.4 Å². The van der Waals surface area contributed by atoms with E-state index in [9.17, 15) is 9.59 Å². The lowest BCUT2D eigenvalue weighted by Crippen LogP contribution is -2.41. The highest BCUT2D eigenvalue weighted by atomic mass is 16.5. The molecule has 0 unspecified atom stereocenters. The maximum Gasteiger partial charge on any atom is 0.317 e. The Balaban J connectivity index is 1.60. The molecular formula is C22H27N3O3. The molecule has 2 N–H and O–H groups in total. The first-order chi connectivity index (χ1) is 13.5. The molecule has 6 heteroatoms. The Hall–Kier alpha value is -2.86. The summed E-state index contributed by atoms with van der Waals surface area (Å²) >= 11 is 0. The molecular weight excluding hydrogens is 354 g/mol. The fourth-order valence-corrected chi connectivity index (χ4v) is 3.20. The van der Waals surface area contributed by atoms with Crippen LogP contribution in [0, 0.1) is 0 Å². The van der Waals surface area contributed by atoms with E-state index in [2.05, 4.69) is 10.6 Å². The molecule has 148 valence electrons. The van der Waals surface area contributed by atoms with Gasteiger partial charge >= 0.3 is 6.03 Å². The predicted octanol–water partition coefficient (Wildman–Crippen LogP) is 3.82. The van der Waals surface area contributed by atoms with Crippen molar-refractivity contribution in [2.24, 2.45) is 0 Å². The van der Waals surface area contributed by atoms with E-state index in [4.69, 9.17) is 4.74 Å². The number of nitrogens with one attached hydrogen (secondary N) is 2. The molecule has 0 bridgehead atoms. The summed E-state index contributed by atoms with van der Waals surface area (Å²) < 4.78 is 5.54. The van der Waals surface area contributed by atoms with Gasteiger partial charge in [-0.25, -0.2) is 4.79 Å². The smallest absolute Gasteiger partial charge is 0.317 e. The summed E-state index contributed by atoms with van der Waals surface area (Å²) in [6, 6.07) is 16.4. The van der Waals surface area contributed by atoms with Crippen molar-refractivity contribution >= 4 is 17.6 Å². The van der Waals surface area contributed by atoms with Crippen molar-refractivity contribution in [3.8, 4) is 0 Å². The number of ether oxygens (including phenoxy) is 1. The first-order valence-electron chi connectivity index (χ1n) is 9.63. The van der Waals surface area contributed by atoms with E-state index in [1.54, 1.807) is 24.1 Å². The van der Waals surface area contributed by atoms with Gasteiger partial charge in [-0.05, 0) is 49.6 Å². The molecule has 3 rings (SSSR count). The highest BCUT2D eigenvalue weighted by molar-refractivity contribution is 6.04. The van der Waals surface area contributed by atoms with Crippen LogP contribution in [0.15, 0.2) is 54.6 Å². The van der Waals surface area contributed by atoms with Crippen LogP contribution in [0.3, 0.4) is 0 Å². The topological polar surface area (TPSA) is 70.7 Å². The molecule has 6 nitrogen and oxygen atoms in total. The van der Waals surface area contributed by atoms with Gasteiger partial charge in [0.2, 0.25) is 0 Å². The van der Waals surface area contributed by atoms with Crippen LogP contribution in [0.25, 0.3) is 0 Å². The van der Waals surface area contributed by atoms with Gasteiger partial charge in [0.1, 0.15) is 0 Å². The highest BCUT2D eigenvalue weighted by Gasteiger charge is 2.21. The van der Waals surface area contributed by atoms with Crippen LogP contribution in [0.5, 0.6) is 0 Å². The van der Waals surface area contributed by atoms with Crippen LogP contribution in [0.1, 0.15) is 41.7 Å². The Morgan fingerprint density at radius 2 is 1.96 bits per heavy atom. The molecule has 1 heterocycles. The Morgan fingerprint density at radius 3 is 2.68 bits per heavy atom. The molecule has 2 atom stereocenters. The summed E-state index contributed by atoms with van der Waals surface area (Å²) in [6.07, 6.45) is 2.15. The molecule has 0 spiro atoms. The first-order valence-corrected chi connectivity index (χ1v) is 9.63. The minimum Gasteiger partial charge on any atom is -0.376 e. The van der Waals surface area contributed by atoms with E-state index in [0.29, 0.717) is 17.8 Å². The lowest BCUT2D eigenvalue weighted by atomic mass is 10.1. The molecule has 0 radical (unpaired) electrons. The van der Waals surface area contributed by atoms with Gasteiger partial charge in [0.05, 0.1) is 12.1 Å². The molecule has 28 heavy (non-hydrogen) atoms. The van der Waals surface area contributed by atoms with Crippen LogP contribution >= 0.6 is 0 Å². The molecule has 0 saturated carbocycles. The van der Waals surface area contributed by atoms with Crippen LogP contribution in [0.2, 0.25) is 0 Å². The number of amides is 3. The zero-order valence-corrected chi connectivity index (χ0v) is 16.4. The summed E-state index contributed by atoms with van der Waals surface area (Å²) in [5.74, 6) is -0.159. The molecule has 2 aromatic carbocycles. The first kappa shape index (κ1) is 19.9. The lowest BCUT2D eigenvalue weighted by Gasteiger charge is -2.26. The van der Waals surface area contributed by atoms with Crippen molar-refractivity contribution in [1.82, 2.24) is 10.2 Å². The largest absolute Gasteiger partial charge is 0.376 e. The van der Waals surface area contributed by atoms with Crippen LogP contribution in [0.4, 0.5) is 10.5 Å². The van der Waals surface area contributed by atoms with Gasteiger partial charge < -0.3 is 20.3 Å². The second-order valence-electron chi connectivity index (χ2n) is 7.05. The van der Waals surface area contributed by atoms with E-state index >= 15 is 0 Å². The zero-order chi connectivity index (χ0) is 19.9. The molecule has 1 saturated heterocycles. The third kappa shape index (κ3) is 5.10. The molecule has 1 aliphatic heterocycles. The summed E-state index contributed by atoms with van der Waals surface area (Å²) in [5, 5.41) is 5.84.